The van der Waals surface area contributed by atoms with E-state index in [0.717, 1.165) is 31.7 Å². The van der Waals surface area contributed by atoms with Gasteiger partial charge in [0.05, 0.1) is 35.2 Å². The molecule has 1 spiro atoms. The quantitative estimate of drug-likeness (QED) is 0.234. The Morgan fingerprint density at radius 2 is 1.29 bits per heavy atom. The molecule has 5 rings (SSSR count). The molecule has 1 saturated carbocycles. The number of likely N-dealkylation sites (N-methyl/N-ethyl adjacent to an activating group) is 6. The van der Waals surface area contributed by atoms with E-state index in [1.54, 1.807) is 39.8 Å². The third-order valence-electron chi connectivity index (χ3n) is 17.6. The van der Waals surface area contributed by atoms with Gasteiger partial charge in [0.1, 0.15) is 54.1 Å². The number of carbonyl (C=O) groups is 11. The van der Waals surface area contributed by atoms with E-state index in [9.17, 15) is 65.9 Å². The SMILES string of the molecule is CC[C@H](C)[C@@H]1NC(=O)[C@H](CC(C)C)N(C)C(=O)C[C@@H](C)NC(=O)[C@H](C(C)C)N(C)C(=O)C2(CCCC2)NC(=O)[C@@H]2CCCN2C(=O)[C@H](CCc2ccc(C(F)(F)F)c(Cl)c2)NC(=O)CN(C)C(=O)[C@H](COc2ccccc2Cl)N(C)C(=O)CN(C)C(=O)CN(C)C1=O. The molecule has 0 radical (unpaired) electrons. The van der Waals surface area contributed by atoms with Gasteiger partial charge in [0, 0.05) is 61.3 Å². The van der Waals surface area contributed by atoms with E-state index < -0.39 is 168 Å². The molecular formula is C64H92Cl2F3N11O12. The zero-order valence-corrected chi connectivity index (χ0v) is 56.6. The van der Waals surface area contributed by atoms with Crippen molar-refractivity contribution in [1.82, 2.24) is 55.6 Å². The molecule has 510 valence electrons. The Labute approximate surface area is 547 Å². The molecule has 11 amide bonds. The fourth-order valence-electron chi connectivity index (χ4n) is 12.0. The number of amides is 11. The summed E-state index contributed by atoms with van der Waals surface area (Å²) in [5, 5.41) is 11.0. The van der Waals surface area contributed by atoms with E-state index in [1.165, 1.54) is 75.2 Å². The lowest BCUT2D eigenvalue weighted by atomic mass is 9.92. The second-order valence-electron chi connectivity index (χ2n) is 25.6. The number of alkyl halides is 3. The Balaban J connectivity index is 1.56. The van der Waals surface area contributed by atoms with E-state index in [-0.39, 0.29) is 73.7 Å². The molecule has 4 N–H and O–H groups in total. The Morgan fingerprint density at radius 1 is 0.674 bits per heavy atom. The molecule has 0 bridgehead atoms. The van der Waals surface area contributed by atoms with Gasteiger partial charge in [-0.25, -0.2) is 0 Å². The number of nitrogens with one attached hydrogen (secondary N) is 4. The monoisotopic (exact) mass is 1330 g/mol. The van der Waals surface area contributed by atoms with Gasteiger partial charge in [0.15, 0.2) is 0 Å². The number of nitrogens with zero attached hydrogens (tertiary/aromatic N) is 7. The summed E-state index contributed by atoms with van der Waals surface area (Å²) in [7, 11) is 8.13. The predicted octanol–water partition coefficient (Wildman–Crippen LogP) is 4.93. The summed E-state index contributed by atoms with van der Waals surface area (Å²) in [6.45, 7) is 9.96. The minimum absolute atomic E-state index is 0.0219. The maximum absolute atomic E-state index is 15.0. The molecule has 3 fully saturated rings. The first-order valence-corrected chi connectivity index (χ1v) is 32.1. The number of para-hydroxylation sites is 1. The van der Waals surface area contributed by atoms with Gasteiger partial charge in [-0.15, -0.1) is 0 Å². The highest BCUT2D eigenvalue weighted by Crippen LogP contribution is 2.36. The second-order valence-corrected chi connectivity index (χ2v) is 26.4. The van der Waals surface area contributed by atoms with Gasteiger partial charge in [-0.2, -0.15) is 13.2 Å². The molecule has 3 aliphatic rings. The first-order valence-electron chi connectivity index (χ1n) is 31.3. The van der Waals surface area contributed by atoms with Crippen LogP contribution in [0.4, 0.5) is 13.2 Å². The molecule has 8 atom stereocenters. The fraction of sp³-hybridized carbons (Fsp3) is 0.641. The molecule has 2 saturated heterocycles. The van der Waals surface area contributed by atoms with Crippen LogP contribution in [0.5, 0.6) is 5.75 Å². The molecule has 0 unspecified atom stereocenters. The van der Waals surface area contributed by atoms with Crippen molar-refractivity contribution in [1.29, 1.82) is 0 Å². The van der Waals surface area contributed by atoms with Gasteiger partial charge in [0.2, 0.25) is 65.0 Å². The zero-order valence-electron chi connectivity index (χ0n) is 55.0. The highest BCUT2D eigenvalue weighted by Gasteiger charge is 2.49. The topological polar surface area (TPSA) is 268 Å². The van der Waals surface area contributed by atoms with Gasteiger partial charge in [-0.3, -0.25) is 52.7 Å². The van der Waals surface area contributed by atoms with Gasteiger partial charge >= 0.3 is 6.18 Å². The van der Waals surface area contributed by atoms with Gasteiger partial charge in [-0.1, -0.05) is 102 Å². The Bertz CT molecular complexity index is 3020. The van der Waals surface area contributed by atoms with Crippen LogP contribution in [0.2, 0.25) is 10.0 Å². The number of aryl methyl sites for hydroxylation is 1. The number of benzene rings is 2. The normalized spacial score (nSPS) is 24.7. The van der Waals surface area contributed by atoms with Crippen molar-refractivity contribution in [3.8, 4) is 5.75 Å². The first-order chi connectivity index (χ1) is 43.0. The molecule has 23 nitrogen and oxygen atoms in total. The van der Waals surface area contributed by atoms with Crippen molar-refractivity contribution in [3.05, 3.63) is 63.6 Å². The zero-order chi connectivity index (χ0) is 68.9. The lowest BCUT2D eigenvalue weighted by Gasteiger charge is -2.39. The number of carbonyl (C=O) groups excluding carboxylic acids is 11. The Kier molecular flexibility index (Phi) is 27.1. The van der Waals surface area contributed by atoms with E-state index >= 15 is 0 Å². The van der Waals surface area contributed by atoms with Crippen molar-refractivity contribution in [2.45, 2.75) is 173 Å². The largest absolute Gasteiger partial charge is 0.489 e. The Hall–Kier alpha value is -7.22. The Morgan fingerprint density at radius 3 is 1.89 bits per heavy atom. The molecule has 2 aliphatic heterocycles. The second kappa shape index (κ2) is 33.1. The number of hydrogen-bond acceptors (Lipinski definition) is 12. The standard InChI is InChI=1S/C64H92Cl2F3N11O12/c1-14-39(6)54-61(90)76(10)34-52(83)74(8)35-53(84)78(12)48(36-92-49-22-16-15-20-43(49)65)60(89)75(9)33-50(81)71-45(26-24-41-23-25-42(44(66)32-41)64(67,68)69)59(88)80-29-19-21-46(80)57(86)73-63(27-17-18-28-63)62(91)79(13)55(38(4)5)58(87)70-40(7)31-51(82)77(11)47(30-37(2)3)56(85)72-54/h15-16,20,22-23,25,32,37-40,45-48,54-55H,14,17-19,21,24,26-31,33-36H2,1-13H3,(H,70,87)(H,71,81)(H,72,85)(H,73,86)/t39-,40+,45-,46-,47-,48-,54-,55-/m0/s1. The molecule has 1 aliphatic carbocycles. The van der Waals surface area contributed by atoms with Crippen molar-refractivity contribution >= 4 is 88.2 Å². The van der Waals surface area contributed by atoms with E-state index in [0.29, 0.717) is 25.7 Å². The summed E-state index contributed by atoms with van der Waals surface area (Å²) in [5.41, 5.74) is -2.34. The van der Waals surface area contributed by atoms with Crippen molar-refractivity contribution in [2.24, 2.45) is 17.8 Å². The fourth-order valence-corrected chi connectivity index (χ4v) is 12.5. The lowest BCUT2D eigenvalue weighted by molar-refractivity contribution is -0.149. The maximum Gasteiger partial charge on any atom is 0.417 e. The van der Waals surface area contributed by atoms with Crippen LogP contribution in [0.15, 0.2) is 42.5 Å². The number of rotatable bonds is 11. The van der Waals surface area contributed by atoms with Crippen LogP contribution in [0, 0.1) is 17.8 Å². The smallest absolute Gasteiger partial charge is 0.417 e. The average molecular weight is 1340 g/mol. The summed E-state index contributed by atoms with van der Waals surface area (Å²) in [6.07, 6.45) is -2.90. The van der Waals surface area contributed by atoms with Crippen LogP contribution < -0.4 is 26.0 Å². The van der Waals surface area contributed by atoms with E-state index in [2.05, 4.69) is 21.3 Å². The highest BCUT2D eigenvalue weighted by molar-refractivity contribution is 6.32. The molecule has 2 aromatic rings. The molecule has 2 aromatic carbocycles. The molecular weight excluding hydrogens is 1240 g/mol. The van der Waals surface area contributed by atoms with Crippen molar-refractivity contribution in [2.75, 3.05) is 75.1 Å². The van der Waals surface area contributed by atoms with Crippen LogP contribution in [0.3, 0.4) is 0 Å². The predicted molar refractivity (Wildman–Crippen MR) is 338 cm³/mol. The summed E-state index contributed by atoms with van der Waals surface area (Å²) >= 11 is 12.5. The summed E-state index contributed by atoms with van der Waals surface area (Å²) in [4.78, 5) is 167. The third kappa shape index (κ3) is 19.4. The third-order valence-corrected chi connectivity index (χ3v) is 18.2. The number of ether oxygens (including phenoxy) is 1. The summed E-state index contributed by atoms with van der Waals surface area (Å²) in [6, 6.07) is 1.06. The number of hydrogen-bond donors (Lipinski definition) is 4. The minimum atomic E-state index is -4.77. The highest BCUT2D eigenvalue weighted by atomic mass is 35.5. The molecule has 0 aromatic heterocycles. The maximum atomic E-state index is 15.0. The van der Waals surface area contributed by atoms with Gasteiger partial charge in [0.25, 0.3) is 0 Å². The van der Waals surface area contributed by atoms with E-state index in [4.69, 9.17) is 27.9 Å². The minimum Gasteiger partial charge on any atom is -0.489 e. The average Bonchev–Trinajstić information content (AvgIpc) is 1.57. The van der Waals surface area contributed by atoms with Crippen LogP contribution >= 0.6 is 23.2 Å². The first kappa shape index (κ1) is 75.5. The summed E-state index contributed by atoms with van der Waals surface area (Å²) < 4.78 is 47.3. The van der Waals surface area contributed by atoms with Crippen molar-refractivity contribution < 1.29 is 70.6 Å². The molecule has 92 heavy (non-hydrogen) atoms. The number of fused-ring (bicyclic) bond motifs is 1. The van der Waals surface area contributed by atoms with Gasteiger partial charge < -0.3 is 60.3 Å². The molecule has 2 heterocycles. The van der Waals surface area contributed by atoms with Crippen LogP contribution in [0.25, 0.3) is 0 Å². The molecule has 28 heteroatoms. The van der Waals surface area contributed by atoms with Crippen LogP contribution in [0.1, 0.15) is 124 Å². The van der Waals surface area contributed by atoms with Gasteiger partial charge in [-0.05, 0) is 99.5 Å². The van der Waals surface area contributed by atoms with Crippen LogP contribution in [-0.2, 0) is 65.3 Å². The van der Waals surface area contributed by atoms with Crippen molar-refractivity contribution in [3.63, 3.8) is 0 Å². The van der Waals surface area contributed by atoms with E-state index in [1.807, 2.05) is 20.8 Å². The summed E-state index contributed by atoms with van der Waals surface area (Å²) in [5.74, 6) is -8.55. The lowest BCUT2D eigenvalue weighted by Crippen LogP contribution is -2.64. The number of halogens is 5. The van der Waals surface area contributed by atoms with Crippen LogP contribution in [-0.4, -0.2) is 222 Å².